The van der Waals surface area contributed by atoms with Crippen molar-refractivity contribution in [3.8, 4) is 0 Å². The average Bonchev–Trinajstić information content (AvgIpc) is 2.98. The van der Waals surface area contributed by atoms with Crippen LogP contribution in [0.4, 0.5) is 123 Å². The number of rotatable bonds is 20. The fourth-order valence-electron chi connectivity index (χ4n) is 3.73. The normalized spacial score (nSPS) is 16.8. The van der Waals surface area contributed by atoms with Crippen molar-refractivity contribution in [2.24, 2.45) is 0 Å². The van der Waals surface area contributed by atoms with E-state index in [1.807, 2.05) is 0 Å². The van der Waals surface area contributed by atoms with E-state index in [2.05, 4.69) is 8.85 Å². The minimum Gasteiger partial charge on any atom is -0.398 e. The molecule has 0 aromatic heterocycles. The second-order valence-electron chi connectivity index (χ2n) is 11.1. The Labute approximate surface area is 277 Å². The summed E-state index contributed by atoms with van der Waals surface area (Å²) in [5.41, 5.74) is 0. The number of hydrogen-bond acceptors (Lipinski definition) is 2. The van der Waals surface area contributed by atoms with Gasteiger partial charge in [-0.25, -0.2) is 0 Å². The van der Waals surface area contributed by atoms with Gasteiger partial charge in [0.25, 0.3) is 0 Å². The smallest absolute Gasteiger partial charge is 0.385 e. The maximum Gasteiger partial charge on any atom is 0.385 e. The maximum absolute atomic E-state index is 14.1. The third-order valence-corrected chi connectivity index (χ3v) is 10.5. The third kappa shape index (κ3) is 6.67. The van der Waals surface area contributed by atoms with Gasteiger partial charge in [0.1, 0.15) is 0 Å². The van der Waals surface area contributed by atoms with Crippen LogP contribution in [-0.2, 0) is 8.85 Å². The summed E-state index contributed by atoms with van der Waals surface area (Å²) in [4.78, 5) is 0. The molecule has 53 heavy (non-hydrogen) atoms. The molecule has 0 aromatic rings. The minimum atomic E-state index is -9.85. The second kappa shape index (κ2) is 13.7. The van der Waals surface area contributed by atoms with Crippen LogP contribution in [0.2, 0.25) is 12.6 Å². The van der Waals surface area contributed by atoms with E-state index in [0.29, 0.717) is 27.7 Å². The van der Waals surface area contributed by atoms with Crippen LogP contribution in [-0.4, -0.2) is 106 Å². The highest BCUT2D eigenvalue weighted by Gasteiger charge is 3.00. The Morgan fingerprint density at radius 2 is 0.491 bits per heavy atom. The molecule has 2 nitrogen and oxygen atoms in total. The van der Waals surface area contributed by atoms with Crippen LogP contribution in [0.3, 0.4) is 0 Å². The van der Waals surface area contributed by atoms with Crippen molar-refractivity contribution in [2.75, 3.05) is 14.2 Å². The summed E-state index contributed by atoms with van der Waals surface area (Å²) in [5, 5.41) is 0. The highest BCUT2D eigenvalue weighted by Crippen LogP contribution is 2.69. The van der Waals surface area contributed by atoms with Gasteiger partial charge in [0.2, 0.25) is 0 Å². The van der Waals surface area contributed by atoms with Gasteiger partial charge in [0.05, 0.1) is 0 Å². The van der Waals surface area contributed by atoms with Crippen molar-refractivity contribution in [3.05, 3.63) is 0 Å². The molecule has 0 saturated carbocycles. The quantitative estimate of drug-likeness (QED) is 0.0896. The van der Waals surface area contributed by atoms with Crippen LogP contribution in [0.15, 0.2) is 0 Å². The summed E-state index contributed by atoms with van der Waals surface area (Å²) in [6, 6.07) is -1.73. The van der Waals surface area contributed by atoms with Gasteiger partial charge in [0.15, 0.2) is 0 Å². The molecular weight excluding hydrogens is 856 g/mol. The lowest BCUT2D eigenvalue weighted by Crippen LogP contribution is -2.79. The Balaban J connectivity index is 7.48. The Bertz CT molecular complexity index is 1270. The highest BCUT2D eigenvalue weighted by molar-refractivity contribution is 6.65. The number of halogens is 28. The molecule has 0 bridgehead atoms. The molecule has 0 rings (SSSR count). The molecule has 0 amide bonds. The minimum absolute atomic E-state index is 0.343. The van der Waals surface area contributed by atoms with Crippen molar-refractivity contribution in [3.63, 3.8) is 0 Å². The Morgan fingerprint density at radius 1 is 0.321 bits per heavy atom. The lowest BCUT2D eigenvalue weighted by molar-refractivity contribution is -0.485. The molecule has 0 aliphatic rings. The first kappa shape index (κ1) is 51.2. The third-order valence-electron chi connectivity index (χ3n) is 7.58. The largest absolute Gasteiger partial charge is 0.398 e. The molecule has 0 fully saturated rings. The predicted molar refractivity (Wildman–Crippen MR) is 119 cm³/mol. The molecule has 0 radical (unpaired) electrons. The molecule has 0 aliphatic carbocycles. The summed E-state index contributed by atoms with van der Waals surface area (Å²) in [6.07, 6.45) is -7.20. The first-order valence-corrected chi connectivity index (χ1v) is 15.6. The molecule has 31 heteroatoms. The van der Waals surface area contributed by atoms with Crippen molar-refractivity contribution < 1.29 is 132 Å². The fourth-order valence-corrected chi connectivity index (χ4v) is 5.07. The van der Waals surface area contributed by atoms with Crippen LogP contribution in [0.5, 0.6) is 0 Å². The van der Waals surface area contributed by atoms with Gasteiger partial charge in [-0.2, -0.15) is 123 Å². The van der Waals surface area contributed by atoms with Gasteiger partial charge >= 0.3 is 91.5 Å². The van der Waals surface area contributed by atoms with E-state index >= 15 is 0 Å². The molecule has 0 N–H and O–H groups in total. The lowest BCUT2D eigenvalue weighted by atomic mass is 9.83. The molecule has 0 atom stereocenters. The van der Waals surface area contributed by atoms with Crippen molar-refractivity contribution in [1.29, 1.82) is 0 Å². The second-order valence-corrected chi connectivity index (χ2v) is 14.7. The van der Waals surface area contributed by atoms with E-state index in [4.69, 9.17) is 0 Å². The van der Waals surface area contributed by atoms with E-state index in [1.54, 1.807) is 0 Å². The van der Waals surface area contributed by atoms with Crippen LogP contribution >= 0.6 is 0 Å². The molecule has 0 spiro atoms. The van der Waals surface area contributed by atoms with Gasteiger partial charge in [-0.15, -0.1) is 0 Å². The molecule has 0 saturated heterocycles. The summed E-state index contributed by atoms with van der Waals surface area (Å²) < 4.78 is 399. The number of alkyl halides is 28. The summed E-state index contributed by atoms with van der Waals surface area (Å²) >= 11 is 0. The Morgan fingerprint density at radius 3 is 0.660 bits per heavy atom. The van der Waals surface area contributed by atoms with Crippen LogP contribution in [0.1, 0.15) is 26.2 Å². The van der Waals surface area contributed by atoms with Gasteiger partial charge in [-0.05, 0) is 12.6 Å². The van der Waals surface area contributed by atoms with Crippen molar-refractivity contribution in [1.82, 2.24) is 0 Å². The predicted octanol–water partition coefficient (Wildman–Crippen LogP) is 11.4. The zero-order chi connectivity index (χ0) is 43.7. The maximum atomic E-state index is 14.1. The summed E-state index contributed by atoms with van der Waals surface area (Å²) in [5.74, 6) is -125. The van der Waals surface area contributed by atoms with Gasteiger partial charge in [-0.3, -0.25) is 0 Å². The van der Waals surface area contributed by atoms with Crippen LogP contribution in [0, 0.1) is 0 Å². The average molecular weight is 876 g/mol. The van der Waals surface area contributed by atoms with Crippen LogP contribution in [0.25, 0.3) is 0 Å². The first-order chi connectivity index (χ1) is 22.6. The number of hydrogen-bond donors (Lipinski definition) is 0. The summed E-state index contributed by atoms with van der Waals surface area (Å²) in [6.45, 7) is 0.990. The van der Waals surface area contributed by atoms with Gasteiger partial charge < -0.3 is 8.85 Å². The molecule has 0 aromatic carbocycles. The van der Waals surface area contributed by atoms with E-state index in [-0.39, 0.29) is 0 Å². The first-order valence-electron chi connectivity index (χ1n) is 13.0. The molecule has 0 aliphatic heterocycles. The van der Waals surface area contributed by atoms with E-state index in [9.17, 15) is 123 Å². The topological polar surface area (TPSA) is 18.5 Å². The van der Waals surface area contributed by atoms with E-state index in [1.165, 1.54) is 0 Å². The zero-order valence-corrected chi connectivity index (χ0v) is 26.7. The Kier molecular flexibility index (Phi) is 13.2. The Hall–Kier alpha value is -1.82. The fraction of sp³-hybridized carbons (Fsp3) is 1.00. The standard InChI is InChI=1S/C22H20F28O2Si/c1-5-6-9(23,24)11(27,28)13(31,32)15(35,36)17(39,40)19(43,44)21(47,48)22(49,50)20(45,46)18(41,42)16(37,38)14(33,34)12(29,30)10(25,26)7-8-53(4,51-2)52-3/h5-8H2,1-4H3. The van der Waals surface area contributed by atoms with Crippen LogP contribution < -0.4 is 0 Å². The SMILES string of the molecule is CCCC(F)(F)C(F)(F)C(F)(F)C(F)(F)C(F)(F)C(F)(F)C(F)(F)C(F)(F)C(F)(F)C(F)(F)C(F)(F)C(F)(F)C(F)(F)C(F)(F)CC[Si](C)(OC)OC. The molecule has 320 valence electrons. The molecule has 0 unspecified atom stereocenters. The molecular formula is C22H20F28O2Si. The summed E-state index contributed by atoms with van der Waals surface area (Å²) in [7, 11) is -3.05. The van der Waals surface area contributed by atoms with Gasteiger partial charge in [-0.1, -0.05) is 13.3 Å². The highest BCUT2D eigenvalue weighted by atomic mass is 28.4. The van der Waals surface area contributed by atoms with E-state index in [0.717, 1.165) is 0 Å². The zero-order valence-electron chi connectivity index (χ0n) is 25.7. The van der Waals surface area contributed by atoms with Gasteiger partial charge in [0, 0.05) is 27.1 Å². The van der Waals surface area contributed by atoms with Crippen molar-refractivity contribution >= 4 is 8.56 Å². The van der Waals surface area contributed by atoms with E-state index < -0.39 is 117 Å². The van der Waals surface area contributed by atoms with Crippen molar-refractivity contribution in [2.45, 2.75) is 122 Å². The lowest BCUT2D eigenvalue weighted by Gasteiger charge is -2.46. The molecule has 0 heterocycles. The monoisotopic (exact) mass is 876 g/mol.